The molecule has 1 amide bonds. The fraction of sp³-hybridized carbons (Fsp3) is 0.391. The molecule has 166 valence electrons. The van der Waals surface area contributed by atoms with Crippen LogP contribution in [0.2, 0.25) is 0 Å². The molecule has 0 saturated carbocycles. The standard InChI is InChI=1S/C23H27NO7/c1-28-10-11-29-12-13-30-15-21(22(25)26)24-23(27)31-14-20-18-8-4-2-6-16(18)17-7-3-5-9-19(17)20/h2-9,20-21H,10-15H2,1H3,(H,24,27)(H,25,26)/t21-/m0/s1. The normalized spacial score (nSPS) is 13.3. The Bertz CT molecular complexity index is 840. The van der Waals surface area contributed by atoms with Crippen molar-refractivity contribution in [1.82, 2.24) is 5.32 Å². The Morgan fingerprint density at radius 3 is 2.13 bits per heavy atom. The van der Waals surface area contributed by atoms with Gasteiger partial charge in [0.1, 0.15) is 6.61 Å². The molecule has 1 atom stereocenters. The van der Waals surface area contributed by atoms with Crippen molar-refractivity contribution in [2.75, 3.05) is 46.8 Å². The molecule has 0 unspecified atom stereocenters. The number of carbonyl (C=O) groups excluding carboxylic acids is 1. The van der Waals surface area contributed by atoms with E-state index in [2.05, 4.69) is 5.32 Å². The van der Waals surface area contributed by atoms with Crippen molar-refractivity contribution in [2.45, 2.75) is 12.0 Å². The van der Waals surface area contributed by atoms with E-state index in [0.717, 1.165) is 22.3 Å². The number of rotatable bonds is 12. The minimum absolute atomic E-state index is 0.0954. The van der Waals surface area contributed by atoms with Gasteiger partial charge >= 0.3 is 12.1 Å². The number of carboxylic acids is 1. The molecule has 8 heteroatoms. The first-order chi connectivity index (χ1) is 15.1. The summed E-state index contributed by atoms with van der Waals surface area (Å²) >= 11 is 0. The SMILES string of the molecule is COCCOCCOC[C@H](NC(=O)OCC1c2ccccc2-c2ccccc21)C(=O)O. The molecule has 2 aromatic carbocycles. The van der Waals surface area contributed by atoms with Gasteiger partial charge in [0.15, 0.2) is 6.04 Å². The second kappa shape index (κ2) is 11.5. The van der Waals surface area contributed by atoms with E-state index in [0.29, 0.717) is 19.8 Å². The van der Waals surface area contributed by atoms with Crippen LogP contribution in [0.4, 0.5) is 4.79 Å². The summed E-state index contributed by atoms with van der Waals surface area (Å²) in [6.07, 6.45) is -0.797. The molecule has 0 bridgehead atoms. The second-order valence-corrected chi connectivity index (χ2v) is 7.04. The van der Waals surface area contributed by atoms with Crippen molar-refractivity contribution in [3.63, 3.8) is 0 Å². The van der Waals surface area contributed by atoms with Crippen molar-refractivity contribution >= 4 is 12.1 Å². The molecule has 0 aromatic heterocycles. The van der Waals surface area contributed by atoms with Crippen LogP contribution in [-0.2, 0) is 23.7 Å². The molecular weight excluding hydrogens is 402 g/mol. The summed E-state index contributed by atoms with van der Waals surface area (Å²) in [5.74, 6) is -1.30. The van der Waals surface area contributed by atoms with Gasteiger partial charge in [0, 0.05) is 13.0 Å². The number of fused-ring (bicyclic) bond motifs is 3. The zero-order valence-corrected chi connectivity index (χ0v) is 17.4. The minimum Gasteiger partial charge on any atom is -0.480 e. The first-order valence-corrected chi connectivity index (χ1v) is 10.1. The zero-order chi connectivity index (χ0) is 22.1. The highest BCUT2D eigenvalue weighted by Crippen LogP contribution is 2.44. The number of carbonyl (C=O) groups is 2. The molecule has 3 rings (SSSR count). The first-order valence-electron chi connectivity index (χ1n) is 10.1. The van der Waals surface area contributed by atoms with Gasteiger partial charge in [0.05, 0.1) is 33.0 Å². The Morgan fingerprint density at radius 1 is 0.935 bits per heavy atom. The van der Waals surface area contributed by atoms with Crippen LogP contribution in [0.1, 0.15) is 17.0 Å². The maximum atomic E-state index is 12.3. The highest BCUT2D eigenvalue weighted by atomic mass is 16.6. The molecule has 0 fully saturated rings. The number of ether oxygens (including phenoxy) is 4. The number of amides is 1. The van der Waals surface area contributed by atoms with Crippen LogP contribution in [0, 0.1) is 0 Å². The van der Waals surface area contributed by atoms with E-state index in [-0.39, 0.29) is 25.7 Å². The van der Waals surface area contributed by atoms with E-state index < -0.39 is 18.1 Å². The van der Waals surface area contributed by atoms with Crippen LogP contribution in [-0.4, -0.2) is 70.0 Å². The van der Waals surface area contributed by atoms with Gasteiger partial charge < -0.3 is 29.4 Å². The maximum Gasteiger partial charge on any atom is 0.407 e. The Morgan fingerprint density at radius 2 is 1.52 bits per heavy atom. The number of carboxylic acid groups (broad SMARTS) is 1. The highest BCUT2D eigenvalue weighted by molar-refractivity contribution is 5.81. The number of alkyl carbamates (subject to hydrolysis) is 1. The van der Waals surface area contributed by atoms with Gasteiger partial charge in [0.2, 0.25) is 0 Å². The molecule has 0 heterocycles. The van der Waals surface area contributed by atoms with Gasteiger partial charge in [-0.25, -0.2) is 9.59 Å². The predicted octanol–water partition coefficient (Wildman–Crippen LogP) is 2.66. The van der Waals surface area contributed by atoms with Crippen molar-refractivity contribution in [2.24, 2.45) is 0 Å². The molecule has 2 aromatic rings. The Hall–Kier alpha value is -2.94. The molecule has 0 aliphatic heterocycles. The van der Waals surface area contributed by atoms with E-state index in [1.807, 2.05) is 48.5 Å². The van der Waals surface area contributed by atoms with Crippen LogP contribution in [0.3, 0.4) is 0 Å². The summed E-state index contributed by atoms with van der Waals surface area (Å²) in [7, 11) is 1.58. The third kappa shape index (κ3) is 6.04. The third-order valence-electron chi connectivity index (χ3n) is 5.02. The topological polar surface area (TPSA) is 103 Å². The Kier molecular flexibility index (Phi) is 8.40. The number of nitrogens with one attached hydrogen (secondary N) is 1. The smallest absolute Gasteiger partial charge is 0.407 e. The lowest BCUT2D eigenvalue weighted by molar-refractivity contribution is -0.141. The van der Waals surface area contributed by atoms with E-state index >= 15 is 0 Å². The number of aliphatic carboxylic acids is 1. The third-order valence-corrected chi connectivity index (χ3v) is 5.02. The Balaban J connectivity index is 1.49. The lowest BCUT2D eigenvalue weighted by atomic mass is 9.98. The predicted molar refractivity (Wildman–Crippen MR) is 113 cm³/mol. The van der Waals surface area contributed by atoms with Crippen molar-refractivity contribution in [3.05, 3.63) is 59.7 Å². The molecule has 0 radical (unpaired) electrons. The summed E-state index contributed by atoms with van der Waals surface area (Å²) in [5.41, 5.74) is 4.42. The van der Waals surface area contributed by atoms with Gasteiger partial charge in [-0.1, -0.05) is 48.5 Å². The van der Waals surface area contributed by atoms with Crippen LogP contribution in [0.25, 0.3) is 11.1 Å². The molecular formula is C23H27NO7. The van der Waals surface area contributed by atoms with Crippen molar-refractivity contribution in [3.8, 4) is 11.1 Å². The van der Waals surface area contributed by atoms with Gasteiger partial charge in [-0.2, -0.15) is 0 Å². The number of hydrogen-bond donors (Lipinski definition) is 2. The van der Waals surface area contributed by atoms with E-state index in [9.17, 15) is 14.7 Å². The van der Waals surface area contributed by atoms with Crippen LogP contribution in [0.15, 0.2) is 48.5 Å². The molecule has 31 heavy (non-hydrogen) atoms. The molecule has 2 N–H and O–H groups in total. The van der Waals surface area contributed by atoms with Gasteiger partial charge in [-0.15, -0.1) is 0 Å². The summed E-state index contributed by atoms with van der Waals surface area (Å²) in [5, 5.41) is 11.7. The van der Waals surface area contributed by atoms with Crippen molar-refractivity contribution in [1.29, 1.82) is 0 Å². The molecule has 0 saturated heterocycles. The Labute approximate surface area is 181 Å². The zero-order valence-electron chi connectivity index (χ0n) is 17.4. The lowest BCUT2D eigenvalue weighted by Crippen LogP contribution is -2.44. The summed E-state index contributed by atoms with van der Waals surface area (Å²) in [6, 6.07) is 14.8. The average molecular weight is 429 g/mol. The summed E-state index contributed by atoms with van der Waals surface area (Å²) < 4.78 is 20.8. The fourth-order valence-corrected chi connectivity index (χ4v) is 3.52. The van der Waals surface area contributed by atoms with E-state index in [4.69, 9.17) is 18.9 Å². The average Bonchev–Trinajstić information content (AvgIpc) is 3.10. The van der Waals surface area contributed by atoms with Crippen molar-refractivity contribution < 1.29 is 33.6 Å². The quantitative estimate of drug-likeness (QED) is 0.500. The first kappa shape index (κ1) is 22.7. The van der Waals surface area contributed by atoms with Crippen LogP contribution in [0.5, 0.6) is 0 Å². The van der Waals surface area contributed by atoms with Crippen LogP contribution >= 0.6 is 0 Å². The summed E-state index contributed by atoms with van der Waals surface area (Å²) in [6.45, 7) is 1.34. The summed E-state index contributed by atoms with van der Waals surface area (Å²) in [4.78, 5) is 23.7. The second-order valence-electron chi connectivity index (χ2n) is 7.04. The number of benzene rings is 2. The van der Waals surface area contributed by atoms with Crippen LogP contribution < -0.4 is 5.32 Å². The van der Waals surface area contributed by atoms with E-state index in [1.54, 1.807) is 7.11 Å². The number of methoxy groups -OCH3 is 1. The highest BCUT2D eigenvalue weighted by Gasteiger charge is 2.29. The molecule has 8 nitrogen and oxygen atoms in total. The fourth-order valence-electron chi connectivity index (χ4n) is 3.52. The van der Waals surface area contributed by atoms with E-state index in [1.165, 1.54) is 0 Å². The monoisotopic (exact) mass is 429 g/mol. The molecule has 1 aliphatic rings. The van der Waals surface area contributed by atoms with Gasteiger partial charge in [-0.3, -0.25) is 0 Å². The molecule has 0 spiro atoms. The lowest BCUT2D eigenvalue weighted by Gasteiger charge is -2.17. The largest absolute Gasteiger partial charge is 0.480 e. The molecule has 1 aliphatic carbocycles. The number of hydrogen-bond acceptors (Lipinski definition) is 6. The maximum absolute atomic E-state index is 12.3. The van der Waals surface area contributed by atoms with Gasteiger partial charge in [0.25, 0.3) is 0 Å². The minimum atomic E-state index is -1.21. The van der Waals surface area contributed by atoms with Gasteiger partial charge in [-0.05, 0) is 22.3 Å².